The topological polar surface area (TPSA) is 83.1 Å². The highest BCUT2D eigenvalue weighted by Crippen LogP contribution is 2.42. The van der Waals surface area contributed by atoms with Gasteiger partial charge < -0.3 is 24.3 Å². The van der Waals surface area contributed by atoms with Gasteiger partial charge in [0.15, 0.2) is 18.1 Å². The lowest BCUT2D eigenvalue weighted by atomic mass is 10.2. The SMILES string of the molecule is COc1ccccc1/C=C/C(=O)OCC(=O)Nc1ccc2c(c1)OC(F)(F)O2. The molecule has 7 nitrogen and oxygen atoms in total. The number of esters is 1. The zero-order valence-corrected chi connectivity index (χ0v) is 14.6. The van der Waals surface area contributed by atoms with E-state index in [1.165, 1.54) is 31.4 Å². The monoisotopic (exact) mass is 391 g/mol. The molecule has 1 heterocycles. The van der Waals surface area contributed by atoms with Gasteiger partial charge in [-0.3, -0.25) is 4.79 Å². The molecule has 0 saturated carbocycles. The molecule has 2 aromatic carbocycles. The van der Waals surface area contributed by atoms with Crippen LogP contribution in [0.1, 0.15) is 5.56 Å². The summed E-state index contributed by atoms with van der Waals surface area (Å²) in [5.41, 5.74) is 0.856. The largest absolute Gasteiger partial charge is 0.586 e. The van der Waals surface area contributed by atoms with E-state index in [4.69, 9.17) is 9.47 Å². The summed E-state index contributed by atoms with van der Waals surface area (Å²) in [5.74, 6) is -1.15. The van der Waals surface area contributed by atoms with Gasteiger partial charge in [0.2, 0.25) is 0 Å². The molecule has 2 aromatic rings. The highest BCUT2D eigenvalue weighted by Gasteiger charge is 2.43. The smallest absolute Gasteiger partial charge is 0.496 e. The third kappa shape index (κ3) is 4.76. The van der Waals surface area contributed by atoms with E-state index in [1.807, 2.05) is 0 Å². The molecule has 1 aliphatic heterocycles. The Morgan fingerprint density at radius 3 is 2.68 bits per heavy atom. The van der Waals surface area contributed by atoms with Crippen LogP contribution in [0.3, 0.4) is 0 Å². The van der Waals surface area contributed by atoms with Crippen LogP contribution in [0.2, 0.25) is 0 Å². The van der Waals surface area contributed by atoms with E-state index in [-0.39, 0.29) is 17.2 Å². The molecule has 1 aliphatic rings. The van der Waals surface area contributed by atoms with E-state index >= 15 is 0 Å². The minimum absolute atomic E-state index is 0.143. The lowest BCUT2D eigenvalue weighted by Gasteiger charge is -2.06. The highest BCUT2D eigenvalue weighted by atomic mass is 19.3. The molecule has 28 heavy (non-hydrogen) atoms. The van der Waals surface area contributed by atoms with Gasteiger partial charge in [-0.2, -0.15) is 0 Å². The fraction of sp³-hybridized carbons (Fsp3) is 0.158. The Hall–Kier alpha value is -3.62. The molecule has 0 radical (unpaired) electrons. The molecule has 0 atom stereocenters. The Morgan fingerprint density at radius 1 is 1.14 bits per heavy atom. The summed E-state index contributed by atoms with van der Waals surface area (Å²) in [7, 11) is 1.51. The third-order valence-corrected chi connectivity index (χ3v) is 3.57. The highest BCUT2D eigenvalue weighted by molar-refractivity contribution is 5.95. The van der Waals surface area contributed by atoms with E-state index in [0.717, 1.165) is 6.08 Å². The van der Waals surface area contributed by atoms with Crippen molar-refractivity contribution in [3.8, 4) is 17.2 Å². The van der Waals surface area contributed by atoms with Gasteiger partial charge in [0.05, 0.1) is 7.11 Å². The summed E-state index contributed by atoms with van der Waals surface area (Å²) >= 11 is 0. The second-order valence-electron chi connectivity index (χ2n) is 5.56. The average molecular weight is 391 g/mol. The first-order chi connectivity index (χ1) is 13.4. The molecular weight excluding hydrogens is 376 g/mol. The molecular formula is C19H15F2NO6. The van der Waals surface area contributed by atoms with E-state index in [9.17, 15) is 18.4 Å². The fourth-order valence-electron chi connectivity index (χ4n) is 2.37. The maximum atomic E-state index is 13.0. The van der Waals surface area contributed by atoms with E-state index in [1.54, 1.807) is 24.3 Å². The Kier molecular flexibility index (Phi) is 5.44. The summed E-state index contributed by atoms with van der Waals surface area (Å²) in [6.07, 6.45) is -1.08. The van der Waals surface area contributed by atoms with Gasteiger partial charge in [-0.25, -0.2) is 4.79 Å². The summed E-state index contributed by atoms with van der Waals surface area (Å²) in [5, 5.41) is 2.41. The van der Waals surface area contributed by atoms with Crippen LogP contribution in [0.15, 0.2) is 48.5 Å². The number of hydrogen-bond donors (Lipinski definition) is 1. The third-order valence-electron chi connectivity index (χ3n) is 3.57. The molecule has 146 valence electrons. The van der Waals surface area contributed by atoms with Crippen molar-refractivity contribution in [2.24, 2.45) is 0 Å². The summed E-state index contributed by atoms with van der Waals surface area (Å²) in [4.78, 5) is 23.6. The van der Waals surface area contributed by atoms with E-state index in [0.29, 0.717) is 11.3 Å². The molecule has 0 fully saturated rings. The van der Waals surface area contributed by atoms with Crippen LogP contribution in [0.25, 0.3) is 6.08 Å². The number of methoxy groups -OCH3 is 1. The number of para-hydroxylation sites is 1. The molecule has 9 heteroatoms. The molecule has 0 bridgehead atoms. The lowest BCUT2D eigenvalue weighted by Crippen LogP contribution is -2.25. The molecule has 0 spiro atoms. The molecule has 0 aliphatic carbocycles. The zero-order valence-electron chi connectivity index (χ0n) is 14.6. The van der Waals surface area contributed by atoms with Gasteiger partial charge in [-0.05, 0) is 24.3 Å². The number of ether oxygens (including phenoxy) is 4. The minimum Gasteiger partial charge on any atom is -0.496 e. The van der Waals surface area contributed by atoms with Crippen molar-refractivity contribution in [1.82, 2.24) is 0 Å². The number of rotatable bonds is 6. The Balaban J connectivity index is 1.51. The van der Waals surface area contributed by atoms with Crippen LogP contribution >= 0.6 is 0 Å². The van der Waals surface area contributed by atoms with Crippen molar-refractivity contribution in [1.29, 1.82) is 0 Å². The fourth-order valence-corrected chi connectivity index (χ4v) is 2.37. The van der Waals surface area contributed by atoms with Crippen molar-refractivity contribution in [2.75, 3.05) is 19.0 Å². The van der Waals surface area contributed by atoms with Crippen molar-refractivity contribution in [3.63, 3.8) is 0 Å². The average Bonchev–Trinajstić information content (AvgIpc) is 2.98. The van der Waals surface area contributed by atoms with Crippen LogP contribution in [0.4, 0.5) is 14.5 Å². The van der Waals surface area contributed by atoms with E-state index in [2.05, 4.69) is 14.8 Å². The summed E-state index contributed by atoms with van der Waals surface area (Å²) in [6, 6.07) is 10.8. The number of carbonyl (C=O) groups excluding carboxylic acids is 2. The quantitative estimate of drug-likeness (QED) is 0.602. The van der Waals surface area contributed by atoms with Gasteiger partial charge in [0.25, 0.3) is 5.91 Å². The van der Waals surface area contributed by atoms with Crippen LogP contribution in [0, 0.1) is 0 Å². The van der Waals surface area contributed by atoms with Gasteiger partial charge in [0.1, 0.15) is 5.75 Å². The molecule has 0 saturated heterocycles. The lowest BCUT2D eigenvalue weighted by molar-refractivity contribution is -0.286. The number of carbonyl (C=O) groups is 2. The normalized spacial score (nSPS) is 14.0. The number of alkyl halides is 2. The van der Waals surface area contributed by atoms with Gasteiger partial charge in [-0.15, -0.1) is 8.78 Å². The van der Waals surface area contributed by atoms with Crippen LogP contribution in [-0.2, 0) is 14.3 Å². The van der Waals surface area contributed by atoms with Crippen molar-refractivity contribution in [2.45, 2.75) is 6.29 Å². The number of benzene rings is 2. The summed E-state index contributed by atoms with van der Waals surface area (Å²) in [6.45, 7) is -0.556. The molecule has 1 amide bonds. The van der Waals surface area contributed by atoms with Crippen molar-refractivity contribution < 1.29 is 37.3 Å². The maximum absolute atomic E-state index is 13.0. The van der Waals surface area contributed by atoms with E-state index < -0.39 is 24.8 Å². The predicted molar refractivity (Wildman–Crippen MR) is 94.3 cm³/mol. The summed E-state index contributed by atoms with van der Waals surface area (Å²) < 4.78 is 44.5. The van der Waals surface area contributed by atoms with Gasteiger partial charge >= 0.3 is 12.3 Å². The number of hydrogen-bond acceptors (Lipinski definition) is 6. The van der Waals surface area contributed by atoms with Gasteiger partial charge in [-0.1, -0.05) is 18.2 Å². The first-order valence-electron chi connectivity index (χ1n) is 8.04. The second-order valence-corrected chi connectivity index (χ2v) is 5.56. The predicted octanol–water partition coefficient (Wildman–Crippen LogP) is 3.21. The Labute approximate surface area is 158 Å². The first kappa shape index (κ1) is 19.2. The van der Waals surface area contributed by atoms with Gasteiger partial charge in [0, 0.05) is 23.4 Å². The molecule has 3 rings (SSSR count). The minimum atomic E-state index is -3.74. The molecule has 0 aromatic heterocycles. The maximum Gasteiger partial charge on any atom is 0.586 e. The number of anilines is 1. The van der Waals surface area contributed by atoms with Crippen LogP contribution in [0.5, 0.6) is 17.2 Å². The standard InChI is InChI=1S/C19H15F2NO6/c1-25-14-5-3-2-4-12(14)6-9-18(24)26-11-17(23)22-13-7-8-15-16(10-13)28-19(20,21)27-15/h2-10H,11H2,1H3,(H,22,23)/b9-6+. The number of amides is 1. The van der Waals surface area contributed by atoms with Crippen molar-refractivity contribution >= 4 is 23.6 Å². The van der Waals surface area contributed by atoms with Crippen LogP contribution in [-0.4, -0.2) is 31.9 Å². The first-order valence-corrected chi connectivity index (χ1v) is 8.04. The molecule has 0 unspecified atom stereocenters. The van der Waals surface area contributed by atoms with Crippen molar-refractivity contribution in [3.05, 3.63) is 54.1 Å². The van der Waals surface area contributed by atoms with Crippen LogP contribution < -0.4 is 19.5 Å². The molecule has 1 N–H and O–H groups in total. The number of halogens is 2. The zero-order chi connectivity index (χ0) is 20.1. The second kappa shape index (κ2) is 7.95. The number of fused-ring (bicyclic) bond motifs is 1. The number of nitrogens with one attached hydrogen (secondary N) is 1. The Bertz CT molecular complexity index is 928. The Morgan fingerprint density at radius 2 is 1.89 bits per heavy atom.